The average molecular weight is 629 g/mol. The van der Waals surface area contributed by atoms with Gasteiger partial charge in [-0.2, -0.15) is 0 Å². The Morgan fingerprint density at radius 1 is 0.551 bits per heavy atom. The largest absolute Gasteiger partial charge is 0.464 e. The molecule has 1 aromatic heterocycles. The van der Waals surface area contributed by atoms with Crippen molar-refractivity contribution in [1.82, 2.24) is 4.57 Å². The Morgan fingerprint density at radius 3 is 2.27 bits per heavy atom. The van der Waals surface area contributed by atoms with Crippen LogP contribution in [0.4, 0.5) is 11.4 Å². The molecule has 0 saturated heterocycles. The van der Waals surface area contributed by atoms with Gasteiger partial charge in [-0.25, -0.2) is 0 Å². The molecule has 232 valence electrons. The summed E-state index contributed by atoms with van der Waals surface area (Å²) < 4.78 is 8.42. The summed E-state index contributed by atoms with van der Waals surface area (Å²) >= 11 is 0. The number of nitrogens with zero attached hydrogens (tertiary/aromatic N) is 2. The zero-order valence-corrected chi connectivity index (χ0v) is 26.9. The topological polar surface area (TPSA) is 17.4 Å². The van der Waals surface area contributed by atoms with Crippen molar-refractivity contribution in [1.29, 1.82) is 0 Å². The number of fused-ring (bicyclic) bond motifs is 7. The molecule has 2 aliphatic rings. The quantitative estimate of drug-likeness (QED) is 0.194. The van der Waals surface area contributed by atoms with Crippen LogP contribution in [0.15, 0.2) is 183 Å². The maximum atomic E-state index is 6.00. The van der Waals surface area contributed by atoms with Crippen molar-refractivity contribution in [3.05, 3.63) is 195 Å². The van der Waals surface area contributed by atoms with Crippen molar-refractivity contribution in [3.63, 3.8) is 0 Å². The van der Waals surface area contributed by atoms with Crippen LogP contribution in [-0.4, -0.2) is 4.57 Å². The molecule has 3 heterocycles. The van der Waals surface area contributed by atoms with E-state index in [1.165, 1.54) is 27.1 Å². The van der Waals surface area contributed by atoms with Crippen LogP contribution >= 0.6 is 0 Å². The lowest BCUT2D eigenvalue weighted by Gasteiger charge is -2.26. The Morgan fingerprint density at radius 2 is 1.35 bits per heavy atom. The van der Waals surface area contributed by atoms with Crippen molar-refractivity contribution < 1.29 is 4.74 Å². The number of ether oxygens (including phenoxy) is 1. The molecule has 7 aromatic rings. The van der Waals surface area contributed by atoms with Gasteiger partial charge in [0.1, 0.15) is 5.75 Å². The molecule has 0 radical (unpaired) electrons. The van der Waals surface area contributed by atoms with Crippen LogP contribution in [0.1, 0.15) is 11.1 Å². The molecule has 0 fully saturated rings. The molecule has 0 spiro atoms. The van der Waals surface area contributed by atoms with Crippen LogP contribution in [0, 0.1) is 0 Å². The minimum absolute atomic E-state index is 0.787. The highest BCUT2D eigenvalue weighted by Gasteiger charge is 2.22. The first-order valence-electron chi connectivity index (χ1n) is 16.5. The van der Waals surface area contributed by atoms with E-state index in [1.54, 1.807) is 6.26 Å². The smallest absolute Gasteiger partial charge is 0.134 e. The predicted molar refractivity (Wildman–Crippen MR) is 208 cm³/mol. The number of anilines is 2. The van der Waals surface area contributed by atoms with Crippen LogP contribution in [0.3, 0.4) is 0 Å². The standard InChI is InChI=1S/C46H32N2O/c1-31-14-8-10-26-47(36-20-12-17-34(28-36)37-22-13-23-44-45(37)32(2)15-9-11-27-49-44)42-30-43-41(29-40(31)42)39-25-24-33-16-6-7-21-38(33)46(39)48(43)35-18-4-3-5-19-35/h3-30H,1-2H2/b14-8-,15-9-,26-10-,27-11-. The highest BCUT2D eigenvalue weighted by atomic mass is 16.5. The molecular formula is C46H32N2O. The van der Waals surface area contributed by atoms with Gasteiger partial charge in [0, 0.05) is 44.9 Å². The molecular weight excluding hydrogens is 597 g/mol. The lowest BCUT2D eigenvalue weighted by atomic mass is 9.93. The summed E-state index contributed by atoms with van der Waals surface area (Å²) in [5.74, 6) is 0.787. The zero-order chi connectivity index (χ0) is 32.9. The summed E-state index contributed by atoms with van der Waals surface area (Å²) in [5, 5.41) is 4.86. The fraction of sp³-hybridized carbons (Fsp3) is 0. The third-order valence-corrected chi connectivity index (χ3v) is 9.50. The summed E-state index contributed by atoms with van der Waals surface area (Å²) in [6.45, 7) is 8.91. The van der Waals surface area contributed by atoms with Crippen LogP contribution in [0.2, 0.25) is 0 Å². The molecule has 0 N–H and O–H groups in total. The second kappa shape index (κ2) is 11.6. The lowest BCUT2D eigenvalue weighted by molar-refractivity contribution is 0.480. The van der Waals surface area contributed by atoms with Crippen molar-refractivity contribution >= 4 is 55.1 Å². The number of hydrogen-bond acceptors (Lipinski definition) is 2. The van der Waals surface area contributed by atoms with Gasteiger partial charge in [-0.15, -0.1) is 0 Å². The van der Waals surface area contributed by atoms with Gasteiger partial charge in [-0.05, 0) is 82.3 Å². The van der Waals surface area contributed by atoms with Crippen molar-refractivity contribution in [3.8, 4) is 22.6 Å². The maximum Gasteiger partial charge on any atom is 0.134 e. The van der Waals surface area contributed by atoms with E-state index in [0.717, 1.165) is 61.7 Å². The van der Waals surface area contributed by atoms with Crippen LogP contribution < -0.4 is 9.64 Å². The van der Waals surface area contributed by atoms with E-state index < -0.39 is 0 Å². The molecule has 0 bridgehead atoms. The average Bonchev–Trinajstić information content (AvgIpc) is 3.46. The molecule has 0 unspecified atom stereocenters. The molecule has 0 amide bonds. The van der Waals surface area contributed by atoms with E-state index in [1.807, 2.05) is 30.4 Å². The lowest BCUT2D eigenvalue weighted by Crippen LogP contribution is -2.12. The Bertz CT molecular complexity index is 2610. The van der Waals surface area contributed by atoms with Gasteiger partial charge in [0.15, 0.2) is 0 Å². The molecule has 3 nitrogen and oxygen atoms in total. The third kappa shape index (κ3) is 4.75. The number of allylic oxidation sites excluding steroid dienone is 8. The minimum Gasteiger partial charge on any atom is -0.464 e. The first-order valence-corrected chi connectivity index (χ1v) is 16.5. The van der Waals surface area contributed by atoms with Gasteiger partial charge < -0.3 is 14.2 Å². The highest BCUT2D eigenvalue weighted by molar-refractivity contribution is 6.20. The molecule has 0 aliphatic carbocycles. The first kappa shape index (κ1) is 28.6. The molecule has 3 heteroatoms. The Kier molecular flexibility index (Phi) is 6.77. The summed E-state index contributed by atoms with van der Waals surface area (Å²) in [6, 6.07) is 43.3. The number of rotatable bonds is 3. The Labute approximate surface area is 285 Å². The summed E-state index contributed by atoms with van der Waals surface area (Å²) in [6.07, 6.45) is 16.0. The van der Waals surface area contributed by atoms with E-state index >= 15 is 0 Å². The number of hydrogen-bond donors (Lipinski definition) is 0. The number of para-hydroxylation sites is 1. The third-order valence-electron chi connectivity index (χ3n) is 9.50. The van der Waals surface area contributed by atoms with Gasteiger partial charge in [0.25, 0.3) is 0 Å². The minimum atomic E-state index is 0.787. The summed E-state index contributed by atoms with van der Waals surface area (Å²) in [5.41, 5.74) is 11.6. The van der Waals surface area contributed by atoms with E-state index in [2.05, 4.69) is 156 Å². The second-order valence-corrected chi connectivity index (χ2v) is 12.4. The van der Waals surface area contributed by atoms with Crippen LogP contribution in [-0.2, 0) is 0 Å². The predicted octanol–water partition coefficient (Wildman–Crippen LogP) is 12.3. The Balaban J connectivity index is 1.30. The highest BCUT2D eigenvalue weighted by Crippen LogP contribution is 2.44. The van der Waals surface area contributed by atoms with Crippen LogP contribution in [0.25, 0.3) is 60.5 Å². The van der Waals surface area contributed by atoms with E-state index in [4.69, 9.17) is 4.74 Å². The first-order chi connectivity index (χ1) is 24.2. The molecule has 0 atom stereocenters. The fourth-order valence-corrected chi connectivity index (χ4v) is 7.25. The SMILES string of the molecule is C=C1/C=C\C=C/N(c2cccc(-c3cccc4c3C(=C)/C=C\C=C/O4)c2)c2cc3c(cc21)c1ccc2ccccc2c1n3-c1ccccc1. The van der Waals surface area contributed by atoms with Crippen LogP contribution in [0.5, 0.6) is 5.75 Å². The summed E-state index contributed by atoms with van der Waals surface area (Å²) in [4.78, 5) is 2.28. The molecule has 49 heavy (non-hydrogen) atoms. The normalized spacial score (nSPS) is 16.6. The van der Waals surface area contributed by atoms with Gasteiger partial charge in [0.05, 0.1) is 23.0 Å². The number of aromatic nitrogens is 1. The van der Waals surface area contributed by atoms with Gasteiger partial charge in [-0.3, -0.25) is 0 Å². The fourth-order valence-electron chi connectivity index (χ4n) is 7.25. The van der Waals surface area contributed by atoms with Gasteiger partial charge >= 0.3 is 0 Å². The molecule has 2 aliphatic heterocycles. The maximum absolute atomic E-state index is 6.00. The zero-order valence-electron chi connectivity index (χ0n) is 26.9. The molecule has 6 aromatic carbocycles. The van der Waals surface area contributed by atoms with Gasteiger partial charge in [0.2, 0.25) is 0 Å². The van der Waals surface area contributed by atoms with Crippen molar-refractivity contribution in [2.24, 2.45) is 0 Å². The Hall–Kier alpha value is -6.58. The van der Waals surface area contributed by atoms with E-state index in [-0.39, 0.29) is 0 Å². The van der Waals surface area contributed by atoms with E-state index in [0.29, 0.717) is 0 Å². The molecule has 0 saturated carbocycles. The molecule has 9 rings (SSSR count). The van der Waals surface area contributed by atoms with Crippen molar-refractivity contribution in [2.45, 2.75) is 0 Å². The number of benzene rings is 6. The summed E-state index contributed by atoms with van der Waals surface area (Å²) in [7, 11) is 0. The van der Waals surface area contributed by atoms with Gasteiger partial charge in [-0.1, -0.05) is 116 Å². The van der Waals surface area contributed by atoms with Crippen molar-refractivity contribution in [2.75, 3.05) is 4.90 Å². The second-order valence-electron chi connectivity index (χ2n) is 12.4. The van der Waals surface area contributed by atoms with E-state index in [9.17, 15) is 0 Å². The monoisotopic (exact) mass is 628 g/mol.